The number of benzene rings is 2. The summed E-state index contributed by atoms with van der Waals surface area (Å²) in [6.45, 7) is 0.279. The largest absolute Gasteiger partial charge is 0.490 e. The fourth-order valence-electron chi connectivity index (χ4n) is 5.02. The number of nitrogens with one attached hydrogen (secondary N) is 2. The van der Waals surface area contributed by atoms with Crippen molar-refractivity contribution in [2.75, 3.05) is 30.9 Å². The highest BCUT2D eigenvalue weighted by atomic mass is 35.5. The van der Waals surface area contributed by atoms with Gasteiger partial charge in [0.15, 0.2) is 0 Å². The number of alkyl halides is 6. The molecule has 5 rings (SSSR count). The second kappa shape index (κ2) is 14.5. The normalized spacial score (nSPS) is 16.6. The Morgan fingerprint density at radius 1 is 0.979 bits per heavy atom. The Balaban J connectivity index is 0.000000644. The molecule has 16 heteroatoms. The van der Waals surface area contributed by atoms with E-state index in [1.807, 2.05) is 43.3 Å². The first-order chi connectivity index (χ1) is 22.0. The number of amides is 1. The Kier molecular flexibility index (Phi) is 10.9. The standard InChI is InChI=1S/C29H29ClF3N5O2.C2HF3O2/c1-38(2)26-21-5-3-4-6-23(21)36-28(37-26)35-20-13-7-17(8-14-20)16-34-27(39)22-15-24(40-25(22)29(31,32)33)18-9-11-19(30)12-10-18;3-2(4,5)1(6)7/h3-6,9-12,15,17,20H,7-8,13-14,16H2,1-2H3,(H,34,39)(H,35,36,37);(H,6,7). The van der Waals surface area contributed by atoms with Crippen LogP contribution in [0.4, 0.5) is 38.1 Å². The lowest BCUT2D eigenvalue weighted by Gasteiger charge is -2.29. The molecular formula is C31H30ClF6N5O4. The van der Waals surface area contributed by atoms with Crippen LogP contribution in [-0.4, -0.2) is 59.8 Å². The molecule has 1 fully saturated rings. The molecule has 2 heterocycles. The van der Waals surface area contributed by atoms with Crippen molar-refractivity contribution < 1.29 is 45.5 Å². The van der Waals surface area contributed by atoms with E-state index in [0.717, 1.165) is 48.5 Å². The van der Waals surface area contributed by atoms with Gasteiger partial charge in [0.05, 0.1) is 11.1 Å². The minimum atomic E-state index is -5.08. The van der Waals surface area contributed by atoms with E-state index in [4.69, 9.17) is 30.9 Å². The van der Waals surface area contributed by atoms with Crippen molar-refractivity contribution in [3.05, 3.63) is 70.9 Å². The molecule has 0 bridgehead atoms. The summed E-state index contributed by atoms with van der Waals surface area (Å²) >= 11 is 5.88. The third-order valence-corrected chi connectivity index (χ3v) is 7.60. The Bertz CT molecular complexity index is 1700. The van der Waals surface area contributed by atoms with Gasteiger partial charge in [-0.3, -0.25) is 4.79 Å². The number of para-hydroxylation sites is 1. The van der Waals surface area contributed by atoms with Crippen LogP contribution in [0.2, 0.25) is 5.02 Å². The van der Waals surface area contributed by atoms with Crippen LogP contribution in [0.1, 0.15) is 41.8 Å². The monoisotopic (exact) mass is 685 g/mol. The lowest BCUT2D eigenvalue weighted by atomic mass is 9.86. The number of furan rings is 1. The van der Waals surface area contributed by atoms with Gasteiger partial charge in [-0.2, -0.15) is 31.3 Å². The number of halogens is 7. The molecule has 47 heavy (non-hydrogen) atoms. The first kappa shape index (κ1) is 35.3. The molecule has 0 atom stereocenters. The highest BCUT2D eigenvalue weighted by Gasteiger charge is 2.41. The Hall–Kier alpha value is -4.53. The lowest BCUT2D eigenvalue weighted by Crippen LogP contribution is -2.34. The smallest absolute Gasteiger partial charge is 0.475 e. The average molecular weight is 686 g/mol. The molecule has 252 valence electrons. The molecule has 0 radical (unpaired) electrons. The van der Waals surface area contributed by atoms with Crippen LogP contribution < -0.4 is 15.5 Å². The van der Waals surface area contributed by atoms with Gasteiger partial charge >= 0.3 is 18.3 Å². The minimum absolute atomic E-state index is 0.0472. The molecule has 1 amide bonds. The lowest BCUT2D eigenvalue weighted by molar-refractivity contribution is -0.192. The summed E-state index contributed by atoms with van der Waals surface area (Å²) in [5, 5.41) is 14.7. The SMILES string of the molecule is CN(C)c1nc(NC2CCC(CNC(=O)c3cc(-c4ccc(Cl)cc4)oc3C(F)(F)F)CC2)nc2ccccc12.O=C(O)C(F)(F)F. The van der Waals surface area contributed by atoms with Crippen molar-refractivity contribution in [1.29, 1.82) is 0 Å². The zero-order valence-electron chi connectivity index (χ0n) is 25.0. The Labute approximate surface area is 269 Å². The zero-order chi connectivity index (χ0) is 34.5. The quantitative estimate of drug-likeness (QED) is 0.170. The van der Waals surface area contributed by atoms with E-state index in [2.05, 4.69) is 15.6 Å². The van der Waals surface area contributed by atoms with E-state index in [0.29, 0.717) is 16.5 Å². The molecule has 3 N–H and O–H groups in total. The third kappa shape index (κ3) is 9.27. The molecule has 0 unspecified atom stereocenters. The summed E-state index contributed by atoms with van der Waals surface area (Å²) in [5.74, 6) is -3.38. The van der Waals surface area contributed by atoms with E-state index in [-0.39, 0.29) is 24.3 Å². The topological polar surface area (TPSA) is 121 Å². The average Bonchev–Trinajstić information content (AvgIpc) is 3.47. The van der Waals surface area contributed by atoms with Gasteiger partial charge in [-0.25, -0.2) is 9.78 Å². The fourth-order valence-corrected chi connectivity index (χ4v) is 5.14. The first-order valence-corrected chi connectivity index (χ1v) is 14.7. The summed E-state index contributed by atoms with van der Waals surface area (Å²) in [4.78, 5) is 33.0. The summed E-state index contributed by atoms with van der Waals surface area (Å²) < 4.78 is 77.8. The second-order valence-corrected chi connectivity index (χ2v) is 11.5. The number of carbonyl (C=O) groups is 2. The summed E-state index contributed by atoms with van der Waals surface area (Å²) in [5.41, 5.74) is 0.725. The van der Waals surface area contributed by atoms with Gasteiger partial charge in [0.25, 0.3) is 5.91 Å². The molecule has 0 spiro atoms. The van der Waals surface area contributed by atoms with E-state index in [1.54, 1.807) is 24.3 Å². The number of anilines is 2. The van der Waals surface area contributed by atoms with E-state index < -0.39 is 35.6 Å². The van der Waals surface area contributed by atoms with Gasteiger partial charge in [-0.1, -0.05) is 23.7 Å². The molecule has 0 saturated heterocycles. The number of carboxylic acids is 1. The van der Waals surface area contributed by atoms with Gasteiger partial charge in [0, 0.05) is 42.7 Å². The number of aliphatic carboxylic acids is 1. The van der Waals surface area contributed by atoms with Gasteiger partial charge < -0.3 is 25.1 Å². The molecule has 9 nitrogen and oxygen atoms in total. The first-order valence-electron chi connectivity index (χ1n) is 14.3. The number of fused-ring (bicyclic) bond motifs is 1. The van der Waals surface area contributed by atoms with Crippen LogP contribution in [0.5, 0.6) is 0 Å². The highest BCUT2D eigenvalue weighted by molar-refractivity contribution is 6.30. The molecule has 2 aromatic heterocycles. The molecule has 1 saturated carbocycles. The molecule has 0 aliphatic heterocycles. The molecule has 2 aromatic carbocycles. The number of carbonyl (C=O) groups excluding carboxylic acids is 1. The van der Waals surface area contributed by atoms with Gasteiger partial charge in [0.2, 0.25) is 11.7 Å². The number of hydrogen-bond donors (Lipinski definition) is 3. The predicted molar refractivity (Wildman–Crippen MR) is 163 cm³/mol. The number of nitrogens with zero attached hydrogens (tertiary/aromatic N) is 3. The maximum absolute atomic E-state index is 13.7. The van der Waals surface area contributed by atoms with Crippen molar-refractivity contribution in [3.8, 4) is 11.3 Å². The Morgan fingerprint density at radius 3 is 2.17 bits per heavy atom. The van der Waals surface area contributed by atoms with Crippen LogP contribution in [-0.2, 0) is 11.0 Å². The maximum atomic E-state index is 13.7. The summed E-state index contributed by atoms with van der Waals surface area (Å²) in [6.07, 6.45) is -6.62. The molecule has 1 aliphatic carbocycles. The van der Waals surface area contributed by atoms with Crippen LogP contribution >= 0.6 is 11.6 Å². The van der Waals surface area contributed by atoms with Crippen molar-refractivity contribution in [1.82, 2.24) is 15.3 Å². The predicted octanol–water partition coefficient (Wildman–Crippen LogP) is 7.66. The highest BCUT2D eigenvalue weighted by Crippen LogP contribution is 2.37. The van der Waals surface area contributed by atoms with Gasteiger partial charge in [-0.05, 0) is 74.1 Å². The molecule has 4 aromatic rings. The van der Waals surface area contributed by atoms with Crippen LogP contribution in [0, 0.1) is 5.92 Å². The van der Waals surface area contributed by atoms with Crippen LogP contribution in [0.25, 0.3) is 22.2 Å². The van der Waals surface area contributed by atoms with Crippen molar-refractivity contribution >= 4 is 46.1 Å². The molecular weight excluding hydrogens is 656 g/mol. The minimum Gasteiger partial charge on any atom is -0.475 e. The van der Waals surface area contributed by atoms with E-state index in [1.165, 1.54) is 0 Å². The van der Waals surface area contributed by atoms with Gasteiger partial charge in [0.1, 0.15) is 11.6 Å². The summed E-state index contributed by atoms with van der Waals surface area (Å²) in [7, 11) is 3.88. The van der Waals surface area contributed by atoms with Crippen LogP contribution in [0.3, 0.4) is 0 Å². The van der Waals surface area contributed by atoms with Gasteiger partial charge in [-0.15, -0.1) is 0 Å². The van der Waals surface area contributed by atoms with E-state index in [9.17, 15) is 31.1 Å². The van der Waals surface area contributed by atoms with Crippen molar-refractivity contribution in [3.63, 3.8) is 0 Å². The Morgan fingerprint density at radius 2 is 1.60 bits per heavy atom. The third-order valence-electron chi connectivity index (χ3n) is 7.34. The fraction of sp³-hybridized carbons (Fsp3) is 0.355. The van der Waals surface area contributed by atoms with E-state index >= 15 is 0 Å². The zero-order valence-corrected chi connectivity index (χ0v) is 25.8. The summed E-state index contributed by atoms with van der Waals surface area (Å²) in [6, 6.07) is 15.3. The van der Waals surface area contributed by atoms with Crippen molar-refractivity contribution in [2.45, 2.75) is 44.1 Å². The molecule has 1 aliphatic rings. The van der Waals surface area contributed by atoms with Crippen LogP contribution in [0.15, 0.2) is 59.0 Å². The second-order valence-electron chi connectivity index (χ2n) is 11.0. The maximum Gasteiger partial charge on any atom is 0.490 e. The number of rotatable bonds is 7. The number of carboxylic acid groups (broad SMARTS) is 1. The van der Waals surface area contributed by atoms with Crippen molar-refractivity contribution in [2.24, 2.45) is 5.92 Å². The number of aromatic nitrogens is 2. The number of hydrogen-bond acceptors (Lipinski definition) is 7.